The van der Waals surface area contributed by atoms with E-state index in [1.165, 1.54) is 18.2 Å². The average molecular weight is 304 g/mol. The first-order valence-electron chi connectivity index (χ1n) is 5.41. The van der Waals surface area contributed by atoms with Gasteiger partial charge in [0, 0.05) is 12.7 Å². The van der Waals surface area contributed by atoms with Gasteiger partial charge in [0.05, 0.1) is 4.90 Å². The molecular formula is C11H13FN2O5S. The predicted molar refractivity (Wildman–Crippen MR) is 68.5 cm³/mol. The zero-order valence-corrected chi connectivity index (χ0v) is 11.4. The Labute approximate surface area is 115 Å². The second-order valence-corrected chi connectivity index (χ2v) is 5.91. The van der Waals surface area contributed by atoms with Crippen molar-refractivity contribution < 1.29 is 27.5 Å². The van der Waals surface area contributed by atoms with E-state index in [1.807, 2.05) is 0 Å². The van der Waals surface area contributed by atoms with Crippen LogP contribution in [-0.4, -0.2) is 50.0 Å². The summed E-state index contributed by atoms with van der Waals surface area (Å²) in [6.07, 6.45) is 0. The van der Waals surface area contributed by atoms with E-state index in [1.54, 1.807) is 0 Å². The number of hydrogen-bond donors (Lipinski definition) is 2. The number of rotatable bonds is 6. The zero-order chi connectivity index (χ0) is 15.3. The van der Waals surface area contributed by atoms with Crippen LogP contribution < -0.4 is 5.32 Å². The summed E-state index contributed by atoms with van der Waals surface area (Å²) in [7, 11) is -2.87. The Hall–Kier alpha value is -2.00. The summed E-state index contributed by atoms with van der Waals surface area (Å²) >= 11 is 0. The number of anilines is 1. The first kappa shape index (κ1) is 16.1. The van der Waals surface area contributed by atoms with Gasteiger partial charge in [-0.05, 0) is 18.2 Å². The van der Waals surface area contributed by atoms with Crippen molar-refractivity contribution in [3.05, 3.63) is 24.3 Å². The van der Waals surface area contributed by atoms with Crippen molar-refractivity contribution in [2.24, 2.45) is 0 Å². The molecule has 1 rings (SSSR count). The number of amides is 1. The van der Waals surface area contributed by atoms with Crippen molar-refractivity contribution in [1.82, 2.24) is 4.31 Å². The Kier molecular flexibility index (Phi) is 5.17. The Morgan fingerprint density at radius 2 is 2.05 bits per heavy atom. The number of carbonyl (C=O) groups is 2. The number of carboxylic acid groups (broad SMARTS) is 1. The molecule has 1 aromatic carbocycles. The normalized spacial score (nSPS) is 11.3. The minimum atomic E-state index is -3.99. The van der Waals surface area contributed by atoms with Gasteiger partial charge in [-0.1, -0.05) is 6.07 Å². The molecule has 0 heterocycles. The Morgan fingerprint density at radius 3 is 2.60 bits per heavy atom. The van der Waals surface area contributed by atoms with E-state index in [0.717, 1.165) is 13.1 Å². The highest BCUT2D eigenvalue weighted by molar-refractivity contribution is 7.89. The van der Waals surface area contributed by atoms with Crippen molar-refractivity contribution in [2.45, 2.75) is 4.90 Å². The minimum absolute atomic E-state index is 0.109. The fourth-order valence-corrected chi connectivity index (χ4v) is 2.55. The van der Waals surface area contributed by atoms with Crippen LogP contribution in [0, 0.1) is 0 Å². The summed E-state index contributed by atoms with van der Waals surface area (Å²) in [5.74, 6) is -2.20. The highest BCUT2D eigenvalue weighted by Crippen LogP contribution is 2.18. The molecule has 0 spiro atoms. The molecule has 0 aliphatic rings. The zero-order valence-electron chi connectivity index (χ0n) is 10.5. The number of sulfonamides is 1. The van der Waals surface area contributed by atoms with Crippen LogP contribution in [0.15, 0.2) is 29.2 Å². The second kappa shape index (κ2) is 6.44. The van der Waals surface area contributed by atoms with E-state index in [0.29, 0.717) is 4.31 Å². The number of aliphatic carboxylic acids is 1. The summed E-state index contributed by atoms with van der Waals surface area (Å²) < 4.78 is 36.8. The molecule has 110 valence electrons. The van der Waals surface area contributed by atoms with Gasteiger partial charge in [0.1, 0.15) is 6.54 Å². The van der Waals surface area contributed by atoms with Gasteiger partial charge in [0.15, 0.2) is 6.67 Å². The smallest absolute Gasteiger partial charge is 0.318 e. The summed E-state index contributed by atoms with van der Waals surface area (Å²) in [4.78, 5) is 21.2. The molecule has 20 heavy (non-hydrogen) atoms. The first-order valence-corrected chi connectivity index (χ1v) is 6.85. The summed E-state index contributed by atoms with van der Waals surface area (Å²) in [5.41, 5.74) is 0.109. The lowest BCUT2D eigenvalue weighted by Crippen LogP contribution is -2.32. The van der Waals surface area contributed by atoms with Crippen LogP contribution in [0.4, 0.5) is 10.1 Å². The molecule has 7 nitrogen and oxygen atoms in total. The molecule has 0 radical (unpaired) electrons. The number of hydrogen-bond acceptors (Lipinski definition) is 4. The summed E-state index contributed by atoms with van der Waals surface area (Å²) in [6, 6.07) is 5.12. The summed E-state index contributed by atoms with van der Waals surface area (Å²) in [5, 5.41) is 10.8. The SMILES string of the molecule is CN(CC(=O)O)S(=O)(=O)c1cccc(NC(=O)CF)c1. The van der Waals surface area contributed by atoms with Gasteiger partial charge in [-0.15, -0.1) is 0 Å². The van der Waals surface area contributed by atoms with Gasteiger partial charge < -0.3 is 10.4 Å². The van der Waals surface area contributed by atoms with Gasteiger partial charge in [-0.25, -0.2) is 12.8 Å². The third-order valence-electron chi connectivity index (χ3n) is 2.31. The molecule has 0 atom stereocenters. The number of carbonyl (C=O) groups excluding carboxylic acids is 1. The molecule has 1 amide bonds. The van der Waals surface area contributed by atoms with E-state index < -0.39 is 35.1 Å². The molecule has 0 aliphatic carbocycles. The predicted octanol–water partition coefficient (Wildman–Crippen LogP) is 0.300. The number of nitrogens with one attached hydrogen (secondary N) is 1. The van der Waals surface area contributed by atoms with E-state index in [4.69, 9.17) is 5.11 Å². The molecule has 1 aromatic rings. The van der Waals surface area contributed by atoms with Gasteiger partial charge in [-0.3, -0.25) is 9.59 Å². The lowest BCUT2D eigenvalue weighted by Gasteiger charge is -2.15. The quantitative estimate of drug-likeness (QED) is 0.786. The molecule has 0 unspecified atom stereocenters. The number of likely N-dealkylation sites (N-methyl/N-ethyl adjacent to an activating group) is 1. The number of benzene rings is 1. The third kappa shape index (κ3) is 4.00. The summed E-state index contributed by atoms with van der Waals surface area (Å²) in [6.45, 7) is -1.92. The molecule has 2 N–H and O–H groups in total. The van der Waals surface area contributed by atoms with Crippen molar-refractivity contribution >= 4 is 27.6 Å². The van der Waals surface area contributed by atoms with Crippen LogP contribution in [0.5, 0.6) is 0 Å². The molecule has 0 aromatic heterocycles. The monoisotopic (exact) mass is 304 g/mol. The van der Waals surface area contributed by atoms with Gasteiger partial charge in [-0.2, -0.15) is 4.31 Å². The number of nitrogens with zero attached hydrogens (tertiary/aromatic N) is 1. The lowest BCUT2D eigenvalue weighted by atomic mass is 10.3. The van der Waals surface area contributed by atoms with Crippen molar-refractivity contribution in [3.8, 4) is 0 Å². The number of alkyl halides is 1. The van der Waals surface area contributed by atoms with Gasteiger partial charge >= 0.3 is 5.97 Å². The van der Waals surface area contributed by atoms with Crippen LogP contribution in [0.1, 0.15) is 0 Å². The van der Waals surface area contributed by atoms with E-state index in [2.05, 4.69) is 5.32 Å². The van der Waals surface area contributed by atoms with Gasteiger partial charge in [0.25, 0.3) is 5.91 Å². The molecule has 0 aliphatic heterocycles. The van der Waals surface area contributed by atoms with Crippen LogP contribution in [0.2, 0.25) is 0 Å². The number of carboxylic acids is 1. The standard InChI is InChI=1S/C11H13FN2O5S/c1-14(7-11(16)17)20(18,19)9-4-2-3-8(5-9)13-10(15)6-12/h2-5H,6-7H2,1H3,(H,13,15)(H,16,17). The van der Waals surface area contributed by atoms with Crippen LogP contribution in [0.25, 0.3) is 0 Å². The third-order valence-corrected chi connectivity index (χ3v) is 4.10. The van der Waals surface area contributed by atoms with Crippen molar-refractivity contribution in [3.63, 3.8) is 0 Å². The van der Waals surface area contributed by atoms with E-state index in [-0.39, 0.29) is 10.6 Å². The minimum Gasteiger partial charge on any atom is -0.480 e. The fraction of sp³-hybridized carbons (Fsp3) is 0.273. The van der Waals surface area contributed by atoms with E-state index in [9.17, 15) is 22.4 Å². The van der Waals surface area contributed by atoms with Crippen LogP contribution in [-0.2, 0) is 19.6 Å². The van der Waals surface area contributed by atoms with Gasteiger partial charge in [0.2, 0.25) is 10.0 Å². The molecule has 0 fully saturated rings. The molecule has 0 saturated carbocycles. The fourth-order valence-electron chi connectivity index (χ4n) is 1.38. The maximum absolute atomic E-state index is 12.1. The molecule has 9 heteroatoms. The Balaban J connectivity index is 3.04. The Bertz CT molecular complexity index is 617. The Morgan fingerprint density at radius 1 is 1.40 bits per heavy atom. The molecular weight excluding hydrogens is 291 g/mol. The highest BCUT2D eigenvalue weighted by Gasteiger charge is 2.23. The van der Waals surface area contributed by atoms with E-state index >= 15 is 0 Å². The largest absolute Gasteiger partial charge is 0.480 e. The first-order chi connectivity index (χ1) is 9.27. The second-order valence-electron chi connectivity index (χ2n) is 3.86. The van der Waals surface area contributed by atoms with Crippen LogP contribution >= 0.6 is 0 Å². The maximum atomic E-state index is 12.1. The molecule has 0 bridgehead atoms. The van der Waals surface area contributed by atoms with Crippen molar-refractivity contribution in [2.75, 3.05) is 25.6 Å². The maximum Gasteiger partial charge on any atom is 0.318 e. The number of halogens is 1. The van der Waals surface area contributed by atoms with Crippen molar-refractivity contribution in [1.29, 1.82) is 0 Å². The highest BCUT2D eigenvalue weighted by atomic mass is 32.2. The topological polar surface area (TPSA) is 104 Å². The van der Waals surface area contributed by atoms with Crippen LogP contribution in [0.3, 0.4) is 0 Å². The lowest BCUT2D eigenvalue weighted by molar-refractivity contribution is -0.137. The molecule has 0 saturated heterocycles. The average Bonchev–Trinajstić information content (AvgIpc) is 2.38.